The van der Waals surface area contributed by atoms with Crippen LogP contribution in [0.1, 0.15) is 40.3 Å². The second-order valence-electron chi connectivity index (χ2n) is 7.31. The van der Waals surface area contributed by atoms with Crippen LogP contribution < -0.4 is 4.74 Å². The van der Waals surface area contributed by atoms with Crippen LogP contribution in [-0.2, 0) is 4.74 Å². The van der Waals surface area contributed by atoms with E-state index in [0.29, 0.717) is 13.2 Å². The minimum atomic E-state index is 0.576. The monoisotopic (exact) mass is 398 g/mol. The molecule has 2 heteroatoms. The van der Waals surface area contributed by atoms with E-state index in [1.165, 1.54) is 27.8 Å². The quantitative estimate of drug-likeness (QED) is 0.284. The Morgan fingerprint density at radius 1 is 0.667 bits per heavy atom. The first-order valence-corrected chi connectivity index (χ1v) is 10.5. The Balaban J connectivity index is 1.59. The number of aryl methyl sites for hydroxylation is 2. The Kier molecular flexibility index (Phi) is 8.05. The number of hydrogen-bond acceptors (Lipinski definition) is 2. The normalized spacial score (nSPS) is 11.4. The van der Waals surface area contributed by atoms with Crippen LogP contribution >= 0.6 is 0 Å². The fourth-order valence-electron chi connectivity index (χ4n) is 3.08. The topological polar surface area (TPSA) is 18.5 Å². The average molecular weight is 399 g/mol. The predicted octanol–water partition coefficient (Wildman–Crippen LogP) is 7.06. The Hall–Kier alpha value is -3.10. The summed E-state index contributed by atoms with van der Waals surface area (Å²) in [6, 6.07) is 23.3. The minimum Gasteiger partial charge on any atom is -0.491 e. The second-order valence-corrected chi connectivity index (χ2v) is 7.31. The molecule has 0 radical (unpaired) electrons. The van der Waals surface area contributed by atoms with E-state index in [9.17, 15) is 0 Å². The van der Waals surface area contributed by atoms with Gasteiger partial charge in [-0.15, -0.1) is 0 Å². The van der Waals surface area contributed by atoms with E-state index in [-0.39, 0.29) is 0 Å². The van der Waals surface area contributed by atoms with Crippen LogP contribution in [0, 0.1) is 13.8 Å². The van der Waals surface area contributed by atoms with Crippen molar-refractivity contribution in [2.45, 2.75) is 20.8 Å². The Morgan fingerprint density at radius 2 is 1.27 bits per heavy atom. The van der Waals surface area contributed by atoms with E-state index in [4.69, 9.17) is 9.47 Å². The first kappa shape index (κ1) is 21.6. The first-order chi connectivity index (χ1) is 14.6. The molecule has 154 valence electrons. The third kappa shape index (κ3) is 6.75. The van der Waals surface area contributed by atoms with Crippen LogP contribution in [0.2, 0.25) is 0 Å². The molecule has 0 aliphatic rings. The number of rotatable bonds is 9. The van der Waals surface area contributed by atoms with Gasteiger partial charge in [0.1, 0.15) is 12.4 Å². The van der Waals surface area contributed by atoms with Crippen LogP contribution in [0.15, 0.2) is 66.7 Å². The molecule has 0 saturated heterocycles. The molecule has 0 unspecified atom stereocenters. The zero-order valence-corrected chi connectivity index (χ0v) is 18.1. The maximum atomic E-state index is 5.66. The van der Waals surface area contributed by atoms with Crippen molar-refractivity contribution in [1.29, 1.82) is 0 Å². The lowest BCUT2D eigenvalue weighted by molar-refractivity contribution is 0.110. The molecule has 2 nitrogen and oxygen atoms in total. The van der Waals surface area contributed by atoms with Crippen molar-refractivity contribution in [3.05, 3.63) is 100 Å². The lowest BCUT2D eigenvalue weighted by atomic mass is 10.0. The van der Waals surface area contributed by atoms with Crippen molar-refractivity contribution in [3.8, 4) is 5.75 Å². The molecule has 3 aromatic rings. The summed E-state index contributed by atoms with van der Waals surface area (Å²) < 4.78 is 11.0. The van der Waals surface area contributed by atoms with E-state index < -0.39 is 0 Å². The molecule has 3 aromatic carbocycles. The Morgan fingerprint density at radius 3 is 1.93 bits per heavy atom. The fourth-order valence-corrected chi connectivity index (χ4v) is 3.08. The highest BCUT2D eigenvalue weighted by Crippen LogP contribution is 2.18. The van der Waals surface area contributed by atoms with Gasteiger partial charge in [0, 0.05) is 6.61 Å². The highest BCUT2D eigenvalue weighted by Gasteiger charge is 1.98. The van der Waals surface area contributed by atoms with Crippen LogP contribution in [0.25, 0.3) is 24.3 Å². The van der Waals surface area contributed by atoms with Crippen molar-refractivity contribution in [2.24, 2.45) is 0 Å². The maximum absolute atomic E-state index is 5.66. The van der Waals surface area contributed by atoms with Crippen molar-refractivity contribution >= 4 is 24.3 Å². The molecular weight excluding hydrogens is 368 g/mol. The van der Waals surface area contributed by atoms with Crippen molar-refractivity contribution < 1.29 is 9.47 Å². The highest BCUT2D eigenvalue weighted by molar-refractivity contribution is 5.74. The van der Waals surface area contributed by atoms with E-state index in [0.717, 1.165) is 17.9 Å². The van der Waals surface area contributed by atoms with Gasteiger partial charge >= 0.3 is 0 Å². The smallest absolute Gasteiger partial charge is 0.119 e. The first-order valence-electron chi connectivity index (χ1n) is 10.5. The van der Waals surface area contributed by atoms with Crippen LogP contribution in [0.5, 0.6) is 5.75 Å². The van der Waals surface area contributed by atoms with Crippen LogP contribution in [0.4, 0.5) is 0 Å². The lowest BCUT2D eigenvalue weighted by Crippen LogP contribution is -2.06. The zero-order chi connectivity index (χ0) is 21.2. The summed E-state index contributed by atoms with van der Waals surface area (Å²) in [4.78, 5) is 0. The molecule has 0 aliphatic carbocycles. The number of hydrogen-bond donors (Lipinski definition) is 0. The van der Waals surface area contributed by atoms with E-state index in [1.54, 1.807) is 0 Å². The third-order valence-electron chi connectivity index (χ3n) is 4.88. The van der Waals surface area contributed by atoms with Gasteiger partial charge in [-0.05, 0) is 60.7 Å². The molecule has 0 fully saturated rings. The maximum Gasteiger partial charge on any atom is 0.119 e. The molecule has 0 amide bonds. The largest absolute Gasteiger partial charge is 0.491 e. The summed E-state index contributed by atoms with van der Waals surface area (Å²) >= 11 is 0. The number of benzene rings is 3. The molecule has 30 heavy (non-hydrogen) atoms. The van der Waals surface area contributed by atoms with Gasteiger partial charge in [-0.3, -0.25) is 0 Å². The number of ether oxygens (including phenoxy) is 2. The van der Waals surface area contributed by atoms with Crippen LogP contribution in [0.3, 0.4) is 0 Å². The van der Waals surface area contributed by atoms with Crippen molar-refractivity contribution in [2.75, 3.05) is 19.8 Å². The van der Waals surface area contributed by atoms with Gasteiger partial charge in [0.15, 0.2) is 0 Å². The second kappa shape index (κ2) is 11.2. The Labute approximate surface area is 180 Å². The molecule has 0 saturated carbocycles. The molecule has 0 aliphatic heterocycles. The van der Waals surface area contributed by atoms with Gasteiger partial charge < -0.3 is 9.47 Å². The van der Waals surface area contributed by atoms with Gasteiger partial charge in [-0.2, -0.15) is 0 Å². The summed E-state index contributed by atoms with van der Waals surface area (Å²) in [6.45, 7) is 8.16. The molecular formula is C28H30O2. The van der Waals surface area contributed by atoms with E-state index in [2.05, 4.69) is 92.7 Å². The molecule has 0 N–H and O–H groups in total. The Bertz CT molecular complexity index is 980. The van der Waals surface area contributed by atoms with Crippen LogP contribution in [-0.4, -0.2) is 19.8 Å². The highest BCUT2D eigenvalue weighted by atomic mass is 16.5. The van der Waals surface area contributed by atoms with E-state index in [1.807, 2.05) is 19.1 Å². The zero-order valence-electron chi connectivity index (χ0n) is 18.1. The predicted molar refractivity (Wildman–Crippen MR) is 129 cm³/mol. The van der Waals surface area contributed by atoms with Gasteiger partial charge in [0.05, 0.1) is 6.61 Å². The van der Waals surface area contributed by atoms with Gasteiger partial charge in [0.25, 0.3) is 0 Å². The van der Waals surface area contributed by atoms with Gasteiger partial charge in [-0.1, -0.05) is 84.5 Å². The molecule has 0 bridgehead atoms. The molecule has 3 rings (SSSR count). The SMILES string of the molecule is CCOCCOc1ccc(/C=C/c2ccc(/C=C/c3ccc(C)cc3)cc2C)cc1. The van der Waals surface area contributed by atoms with Crippen molar-refractivity contribution in [1.82, 2.24) is 0 Å². The standard InChI is InChI=1S/C28H30O2/c1-4-29-19-20-30-28-17-13-25(14-18-28)11-15-27-16-12-26(21-23(27)3)10-9-24-7-5-22(2)6-8-24/h5-18,21H,4,19-20H2,1-3H3/b10-9+,15-11+. The van der Waals surface area contributed by atoms with Gasteiger partial charge in [0.2, 0.25) is 0 Å². The molecule has 0 aromatic heterocycles. The van der Waals surface area contributed by atoms with Crippen molar-refractivity contribution in [3.63, 3.8) is 0 Å². The lowest BCUT2D eigenvalue weighted by Gasteiger charge is -2.06. The van der Waals surface area contributed by atoms with E-state index >= 15 is 0 Å². The summed E-state index contributed by atoms with van der Waals surface area (Å²) in [6.07, 6.45) is 8.61. The third-order valence-corrected chi connectivity index (χ3v) is 4.88. The molecule has 0 heterocycles. The minimum absolute atomic E-state index is 0.576. The summed E-state index contributed by atoms with van der Waals surface area (Å²) in [5, 5.41) is 0. The summed E-state index contributed by atoms with van der Waals surface area (Å²) in [5.74, 6) is 0.868. The molecule has 0 spiro atoms. The average Bonchev–Trinajstić information content (AvgIpc) is 2.76. The summed E-state index contributed by atoms with van der Waals surface area (Å²) in [7, 11) is 0. The fraction of sp³-hybridized carbons (Fsp3) is 0.214. The van der Waals surface area contributed by atoms with Gasteiger partial charge in [-0.25, -0.2) is 0 Å². The summed E-state index contributed by atoms with van der Waals surface area (Å²) in [5.41, 5.74) is 7.33. The molecule has 0 atom stereocenters.